The summed E-state index contributed by atoms with van der Waals surface area (Å²) in [5, 5.41) is 0. The number of hydrogen-bond donors (Lipinski definition) is 0. The molecule has 0 aromatic carbocycles. The van der Waals surface area contributed by atoms with Crippen molar-refractivity contribution in [2.24, 2.45) is 40.4 Å². The van der Waals surface area contributed by atoms with Gasteiger partial charge in [-0.25, -0.2) is 0 Å². The van der Waals surface area contributed by atoms with Crippen LogP contribution in [0.3, 0.4) is 0 Å². The average molecular weight is 377 g/mol. The highest BCUT2D eigenvalue weighted by Crippen LogP contribution is 2.68. The fraction of sp³-hybridized carbons (Fsp3) is 1.00. The predicted molar refractivity (Wildman–Crippen MR) is 114 cm³/mol. The third-order valence-electron chi connectivity index (χ3n) is 9.68. The summed E-state index contributed by atoms with van der Waals surface area (Å²) < 4.78 is 7.07. The summed E-state index contributed by atoms with van der Waals surface area (Å²) in [6.45, 7) is 15.1. The minimum absolute atomic E-state index is 0.547. The van der Waals surface area contributed by atoms with Crippen molar-refractivity contribution in [3.05, 3.63) is 0 Å². The molecule has 1 nitrogen and oxygen atoms in total. The zero-order chi connectivity index (χ0) is 18.7. The van der Waals surface area contributed by atoms with E-state index in [9.17, 15) is 0 Å². The van der Waals surface area contributed by atoms with Crippen LogP contribution in [-0.2, 0) is 4.43 Å². The second-order valence-electron chi connectivity index (χ2n) is 12.0. The summed E-state index contributed by atoms with van der Waals surface area (Å²) in [5.41, 5.74) is 1.12. The lowest BCUT2D eigenvalue weighted by molar-refractivity contribution is -0.163. The van der Waals surface area contributed by atoms with Gasteiger partial charge in [0.25, 0.3) is 0 Å². The van der Waals surface area contributed by atoms with Gasteiger partial charge in [-0.3, -0.25) is 0 Å². The van der Waals surface area contributed by atoms with Crippen LogP contribution >= 0.6 is 0 Å². The van der Waals surface area contributed by atoms with E-state index >= 15 is 0 Å². The van der Waals surface area contributed by atoms with Gasteiger partial charge in [0.1, 0.15) is 0 Å². The molecule has 0 bridgehead atoms. The van der Waals surface area contributed by atoms with Crippen molar-refractivity contribution < 1.29 is 4.43 Å². The van der Waals surface area contributed by atoms with E-state index in [4.69, 9.17) is 4.43 Å². The van der Waals surface area contributed by atoms with Crippen LogP contribution in [0.15, 0.2) is 0 Å². The fourth-order valence-corrected chi connectivity index (χ4v) is 9.86. The average Bonchev–Trinajstić information content (AvgIpc) is 2.88. The maximum atomic E-state index is 7.07. The van der Waals surface area contributed by atoms with Crippen LogP contribution in [0.25, 0.3) is 0 Å². The second-order valence-corrected chi connectivity index (χ2v) is 16.4. The highest BCUT2D eigenvalue weighted by atomic mass is 28.4. The van der Waals surface area contributed by atoms with E-state index in [0.29, 0.717) is 16.9 Å². The van der Waals surface area contributed by atoms with Gasteiger partial charge in [0.05, 0.1) is 0 Å². The first kappa shape index (κ1) is 19.5. The highest BCUT2D eigenvalue weighted by molar-refractivity contribution is 6.69. The Bertz CT molecular complexity index is 525. The second kappa shape index (κ2) is 6.61. The monoisotopic (exact) mass is 376 g/mol. The molecule has 26 heavy (non-hydrogen) atoms. The SMILES string of the molecule is CC[C@H]1CC[C@H]2[C@@H]3CC[C@H]4CCCC[C@]4(C)[C@H]3[C@H](O[Si](C)(C)C)C[C@]12C. The zero-order valence-electron chi connectivity index (χ0n) is 18.4. The number of hydrogen-bond acceptors (Lipinski definition) is 1. The lowest BCUT2D eigenvalue weighted by atomic mass is 9.44. The van der Waals surface area contributed by atoms with E-state index in [1.54, 1.807) is 0 Å². The summed E-state index contributed by atoms with van der Waals surface area (Å²) >= 11 is 0. The van der Waals surface area contributed by atoms with Gasteiger partial charge < -0.3 is 4.43 Å². The largest absolute Gasteiger partial charge is 0.414 e. The van der Waals surface area contributed by atoms with Gasteiger partial charge in [0, 0.05) is 6.10 Å². The van der Waals surface area contributed by atoms with Crippen LogP contribution in [0.1, 0.15) is 85.0 Å². The molecule has 0 unspecified atom stereocenters. The van der Waals surface area contributed by atoms with Crippen LogP contribution in [0, 0.1) is 40.4 Å². The molecule has 4 rings (SSSR count). The first-order valence-corrected chi connectivity index (χ1v) is 15.3. The van der Waals surface area contributed by atoms with Gasteiger partial charge in [-0.15, -0.1) is 0 Å². The van der Waals surface area contributed by atoms with Gasteiger partial charge in [0.15, 0.2) is 8.32 Å². The highest BCUT2D eigenvalue weighted by Gasteiger charge is 2.62. The minimum atomic E-state index is -1.52. The third-order valence-corrected chi connectivity index (χ3v) is 10.7. The van der Waals surface area contributed by atoms with Gasteiger partial charge in [-0.05, 0) is 105 Å². The van der Waals surface area contributed by atoms with Gasteiger partial charge in [0.2, 0.25) is 0 Å². The van der Waals surface area contributed by atoms with Crippen molar-refractivity contribution in [3.63, 3.8) is 0 Å². The van der Waals surface area contributed by atoms with Gasteiger partial charge in [-0.1, -0.05) is 40.0 Å². The van der Waals surface area contributed by atoms with Crippen molar-refractivity contribution in [3.8, 4) is 0 Å². The Morgan fingerprint density at radius 2 is 1.69 bits per heavy atom. The van der Waals surface area contributed by atoms with E-state index in [0.717, 1.165) is 29.6 Å². The van der Waals surface area contributed by atoms with Crippen molar-refractivity contribution in [1.82, 2.24) is 0 Å². The van der Waals surface area contributed by atoms with Crippen molar-refractivity contribution >= 4 is 8.32 Å². The van der Waals surface area contributed by atoms with Crippen LogP contribution in [0.5, 0.6) is 0 Å². The Morgan fingerprint density at radius 3 is 2.38 bits per heavy atom. The molecule has 0 heterocycles. The zero-order valence-corrected chi connectivity index (χ0v) is 19.4. The maximum Gasteiger partial charge on any atom is 0.184 e. The fourth-order valence-electron chi connectivity index (χ4n) is 8.72. The minimum Gasteiger partial charge on any atom is -0.414 e. The molecule has 4 aliphatic carbocycles. The van der Waals surface area contributed by atoms with Crippen molar-refractivity contribution in [2.45, 2.75) is 111 Å². The Morgan fingerprint density at radius 1 is 0.923 bits per heavy atom. The standard InChI is InChI=1S/C24H44OSi/c1-7-17-12-14-20-19-13-11-18-10-8-9-15-23(18,2)22(19)21(16-24(17,20)3)25-26(4,5)6/h17-22H,7-16H2,1-6H3/t17-,18+,19-,20-,21+,22+,23-,24+/m0/s1. The Labute approximate surface area is 164 Å². The molecule has 0 amide bonds. The van der Waals surface area contributed by atoms with Crippen molar-refractivity contribution in [2.75, 3.05) is 0 Å². The summed E-state index contributed by atoms with van der Waals surface area (Å²) in [6, 6.07) is 0. The molecular weight excluding hydrogens is 332 g/mol. The normalized spacial score (nSPS) is 51.5. The summed E-state index contributed by atoms with van der Waals surface area (Å²) in [7, 11) is -1.52. The molecular formula is C24H44OSi. The first-order chi connectivity index (χ1) is 12.2. The molecule has 4 fully saturated rings. The molecule has 0 radical (unpaired) electrons. The summed E-state index contributed by atoms with van der Waals surface area (Å²) in [6.07, 6.45) is 15.2. The summed E-state index contributed by atoms with van der Waals surface area (Å²) in [5.74, 6) is 4.71. The van der Waals surface area contributed by atoms with Crippen molar-refractivity contribution in [1.29, 1.82) is 0 Å². The van der Waals surface area contributed by atoms with E-state index in [1.165, 1.54) is 64.2 Å². The van der Waals surface area contributed by atoms with E-state index in [-0.39, 0.29) is 0 Å². The molecule has 2 heteroatoms. The Kier molecular flexibility index (Phi) is 4.96. The smallest absolute Gasteiger partial charge is 0.184 e. The molecule has 150 valence electrons. The van der Waals surface area contributed by atoms with Crippen LogP contribution in [0.4, 0.5) is 0 Å². The number of rotatable bonds is 3. The predicted octanol–water partition coefficient (Wildman–Crippen LogP) is 7.28. The maximum absolute atomic E-state index is 7.07. The first-order valence-electron chi connectivity index (χ1n) is 11.9. The van der Waals surface area contributed by atoms with E-state index < -0.39 is 8.32 Å². The quantitative estimate of drug-likeness (QED) is 0.470. The summed E-state index contributed by atoms with van der Waals surface area (Å²) in [4.78, 5) is 0. The molecule has 8 atom stereocenters. The topological polar surface area (TPSA) is 9.23 Å². The van der Waals surface area contributed by atoms with E-state index in [1.807, 2.05) is 0 Å². The Balaban J connectivity index is 1.72. The van der Waals surface area contributed by atoms with Gasteiger partial charge >= 0.3 is 0 Å². The molecule has 4 aliphatic rings. The lowest BCUT2D eigenvalue weighted by Crippen LogP contribution is -2.60. The van der Waals surface area contributed by atoms with E-state index in [2.05, 4.69) is 40.4 Å². The molecule has 0 aromatic rings. The third kappa shape index (κ3) is 2.97. The molecule has 0 aliphatic heterocycles. The van der Waals surface area contributed by atoms with Gasteiger partial charge in [-0.2, -0.15) is 0 Å². The molecule has 0 saturated heterocycles. The number of fused-ring (bicyclic) bond motifs is 5. The molecule has 0 spiro atoms. The molecule has 0 aromatic heterocycles. The van der Waals surface area contributed by atoms with Crippen LogP contribution < -0.4 is 0 Å². The lowest BCUT2D eigenvalue weighted by Gasteiger charge is -2.63. The molecule has 0 N–H and O–H groups in total. The molecule has 4 saturated carbocycles. The van der Waals surface area contributed by atoms with Crippen LogP contribution in [0.2, 0.25) is 19.6 Å². The van der Waals surface area contributed by atoms with Crippen LogP contribution in [-0.4, -0.2) is 14.4 Å². The Hall–Kier alpha value is 0.177.